The molecule has 1 atom stereocenters. The van der Waals surface area contributed by atoms with Crippen LogP contribution < -0.4 is 5.32 Å². The molecule has 0 saturated carbocycles. The van der Waals surface area contributed by atoms with Crippen LogP contribution in [-0.2, 0) is 35.5 Å². The van der Waals surface area contributed by atoms with Gasteiger partial charge in [-0.1, -0.05) is 30.3 Å². The number of carbonyl (C=O) groups excluding carboxylic acids is 4. The van der Waals surface area contributed by atoms with Crippen LogP contribution >= 0.6 is 0 Å². The summed E-state index contributed by atoms with van der Waals surface area (Å²) in [6, 6.07) is 11.1. The highest BCUT2D eigenvalue weighted by molar-refractivity contribution is 6.05. The van der Waals surface area contributed by atoms with E-state index in [2.05, 4.69) is 40.8 Å². The van der Waals surface area contributed by atoms with Crippen molar-refractivity contribution in [2.24, 2.45) is 0 Å². The molecule has 4 heterocycles. The number of fused-ring (bicyclic) bond motifs is 2. The molecule has 1 unspecified atom stereocenters. The average molecular weight is 499 g/mol. The Bertz CT molecular complexity index is 1460. The predicted molar refractivity (Wildman–Crippen MR) is 132 cm³/mol. The number of nitrogens with one attached hydrogen (secondary N) is 1. The summed E-state index contributed by atoms with van der Waals surface area (Å²) in [6.45, 7) is 3.56. The van der Waals surface area contributed by atoms with Crippen LogP contribution in [0, 0.1) is 0 Å². The highest BCUT2D eigenvalue weighted by Gasteiger charge is 2.39. The van der Waals surface area contributed by atoms with Crippen molar-refractivity contribution in [2.45, 2.75) is 51.7 Å². The Labute approximate surface area is 213 Å². The number of hydrogen-bond donors (Lipinski definition) is 1. The van der Waals surface area contributed by atoms with E-state index < -0.39 is 11.9 Å². The molecule has 10 heteroatoms. The summed E-state index contributed by atoms with van der Waals surface area (Å²) in [7, 11) is 0. The Hall–Kier alpha value is -4.34. The van der Waals surface area contributed by atoms with E-state index in [1.54, 1.807) is 23.2 Å². The molecule has 3 aliphatic heterocycles. The van der Waals surface area contributed by atoms with Crippen molar-refractivity contribution in [3.05, 3.63) is 76.1 Å². The maximum atomic E-state index is 13.2. The van der Waals surface area contributed by atoms with E-state index in [0.717, 1.165) is 18.4 Å². The zero-order chi connectivity index (χ0) is 25.7. The number of carbonyl (C=O) groups is 4. The van der Waals surface area contributed by atoms with Crippen molar-refractivity contribution in [3.63, 3.8) is 0 Å². The minimum Gasteiger partial charge on any atom is -0.333 e. The lowest BCUT2D eigenvalue weighted by Gasteiger charge is -2.29. The Balaban J connectivity index is 1.19. The molecule has 0 radical (unpaired) electrons. The summed E-state index contributed by atoms with van der Waals surface area (Å²) in [5.41, 5.74) is 5.92. The second-order valence-corrected chi connectivity index (χ2v) is 9.72. The standard InChI is InChI=1S/C27H26N6O4/c1-2-16-3-4-17-9-10-31(13-18(17)11-16)27(37)22-15-33(30-29-22)20-5-6-21-19(12-20)14-32(26(21)36)23-7-8-24(34)28-25(23)35/h3-6,11-12,15,23H,2,7-10,13-14H2,1H3,(H,28,34,35). The van der Waals surface area contributed by atoms with Crippen LogP contribution in [0.25, 0.3) is 5.69 Å². The lowest BCUT2D eigenvalue weighted by Crippen LogP contribution is -2.52. The molecule has 0 bridgehead atoms. The van der Waals surface area contributed by atoms with E-state index in [9.17, 15) is 19.2 Å². The van der Waals surface area contributed by atoms with Crippen LogP contribution in [0.2, 0.25) is 0 Å². The lowest BCUT2D eigenvalue weighted by molar-refractivity contribution is -0.136. The Morgan fingerprint density at radius 1 is 1.03 bits per heavy atom. The molecular weight excluding hydrogens is 472 g/mol. The number of rotatable bonds is 4. The molecule has 1 fully saturated rings. The molecule has 37 heavy (non-hydrogen) atoms. The Kier molecular flexibility index (Phi) is 5.58. The fourth-order valence-corrected chi connectivity index (χ4v) is 5.36. The summed E-state index contributed by atoms with van der Waals surface area (Å²) in [6.07, 6.45) is 3.89. The van der Waals surface area contributed by atoms with E-state index in [0.29, 0.717) is 30.8 Å². The Morgan fingerprint density at radius 3 is 2.70 bits per heavy atom. The third kappa shape index (κ3) is 4.08. The van der Waals surface area contributed by atoms with Gasteiger partial charge in [-0.3, -0.25) is 24.5 Å². The maximum absolute atomic E-state index is 13.2. The highest BCUT2D eigenvalue weighted by Crippen LogP contribution is 2.29. The number of aromatic nitrogens is 3. The van der Waals surface area contributed by atoms with Crippen LogP contribution in [0.5, 0.6) is 0 Å². The summed E-state index contributed by atoms with van der Waals surface area (Å²) >= 11 is 0. The number of nitrogens with zero attached hydrogens (tertiary/aromatic N) is 5. The SMILES string of the molecule is CCc1ccc2c(c1)CN(C(=O)c1cn(-c3ccc4c(c3)CN(C3CCC(=O)NC3=O)C4=O)nn1)CC2. The zero-order valence-corrected chi connectivity index (χ0v) is 20.4. The molecule has 1 aromatic heterocycles. The van der Waals surface area contributed by atoms with Crippen molar-refractivity contribution in [1.82, 2.24) is 30.1 Å². The number of piperidine rings is 1. The van der Waals surface area contributed by atoms with Crippen LogP contribution in [0.15, 0.2) is 42.6 Å². The first-order valence-corrected chi connectivity index (χ1v) is 12.5. The van der Waals surface area contributed by atoms with Gasteiger partial charge in [0.05, 0.1) is 11.9 Å². The van der Waals surface area contributed by atoms with Gasteiger partial charge in [-0.25, -0.2) is 4.68 Å². The minimum absolute atomic E-state index is 0.167. The molecule has 4 amide bonds. The molecule has 1 saturated heterocycles. The van der Waals surface area contributed by atoms with E-state index >= 15 is 0 Å². The van der Waals surface area contributed by atoms with Gasteiger partial charge in [0, 0.05) is 31.6 Å². The van der Waals surface area contributed by atoms with E-state index in [4.69, 9.17) is 0 Å². The van der Waals surface area contributed by atoms with E-state index in [1.807, 2.05) is 6.07 Å². The molecule has 6 rings (SSSR count). The predicted octanol–water partition coefficient (Wildman–Crippen LogP) is 1.79. The van der Waals surface area contributed by atoms with Gasteiger partial charge in [-0.2, -0.15) is 0 Å². The fourth-order valence-electron chi connectivity index (χ4n) is 5.36. The summed E-state index contributed by atoms with van der Waals surface area (Å²) < 4.78 is 1.53. The first-order valence-electron chi connectivity index (χ1n) is 12.5. The van der Waals surface area contributed by atoms with Crippen LogP contribution in [0.3, 0.4) is 0 Å². The second-order valence-electron chi connectivity index (χ2n) is 9.72. The quantitative estimate of drug-likeness (QED) is 0.548. The van der Waals surface area contributed by atoms with Gasteiger partial charge in [0.15, 0.2) is 5.69 Å². The van der Waals surface area contributed by atoms with Gasteiger partial charge in [0.1, 0.15) is 6.04 Å². The summed E-state index contributed by atoms with van der Waals surface area (Å²) in [5.74, 6) is -1.16. The molecule has 188 valence electrons. The number of amides is 4. The van der Waals surface area contributed by atoms with Gasteiger partial charge in [0.25, 0.3) is 11.8 Å². The third-order valence-corrected chi connectivity index (χ3v) is 7.46. The fraction of sp³-hybridized carbons (Fsp3) is 0.333. The topological polar surface area (TPSA) is 118 Å². The smallest absolute Gasteiger partial charge is 0.276 e. The van der Waals surface area contributed by atoms with Gasteiger partial charge >= 0.3 is 0 Å². The first-order chi connectivity index (χ1) is 17.9. The monoisotopic (exact) mass is 498 g/mol. The van der Waals surface area contributed by atoms with Crippen molar-refractivity contribution in [3.8, 4) is 5.69 Å². The van der Waals surface area contributed by atoms with Crippen LogP contribution in [0.1, 0.15) is 62.9 Å². The maximum Gasteiger partial charge on any atom is 0.276 e. The molecule has 1 N–H and O–H groups in total. The highest BCUT2D eigenvalue weighted by atomic mass is 16.2. The molecule has 0 aliphatic carbocycles. The number of imide groups is 1. The minimum atomic E-state index is -0.667. The van der Waals surface area contributed by atoms with Crippen molar-refractivity contribution < 1.29 is 19.2 Å². The number of benzene rings is 2. The van der Waals surface area contributed by atoms with Gasteiger partial charge in [-0.05, 0) is 59.7 Å². The Morgan fingerprint density at radius 2 is 1.89 bits per heavy atom. The molecule has 3 aromatic rings. The van der Waals surface area contributed by atoms with Gasteiger partial charge in [0.2, 0.25) is 11.8 Å². The van der Waals surface area contributed by atoms with Crippen molar-refractivity contribution in [2.75, 3.05) is 6.54 Å². The average Bonchev–Trinajstić information content (AvgIpc) is 3.52. The molecular formula is C27H26N6O4. The first kappa shape index (κ1) is 23.1. The third-order valence-electron chi connectivity index (χ3n) is 7.46. The summed E-state index contributed by atoms with van der Waals surface area (Å²) in [5, 5.41) is 10.6. The largest absolute Gasteiger partial charge is 0.333 e. The molecule has 3 aliphatic rings. The molecule has 2 aromatic carbocycles. The van der Waals surface area contributed by atoms with Gasteiger partial charge in [-0.15, -0.1) is 5.10 Å². The van der Waals surface area contributed by atoms with Crippen LogP contribution in [-0.4, -0.2) is 61.0 Å². The van der Waals surface area contributed by atoms with Crippen LogP contribution in [0.4, 0.5) is 0 Å². The zero-order valence-electron chi connectivity index (χ0n) is 20.4. The lowest BCUT2D eigenvalue weighted by atomic mass is 9.96. The van der Waals surface area contributed by atoms with Crippen molar-refractivity contribution >= 4 is 23.6 Å². The second kappa shape index (κ2) is 8.95. The number of hydrogen-bond acceptors (Lipinski definition) is 6. The van der Waals surface area contributed by atoms with E-state index in [-0.39, 0.29) is 36.4 Å². The van der Waals surface area contributed by atoms with Crippen molar-refractivity contribution in [1.29, 1.82) is 0 Å². The normalized spacial score (nSPS) is 19.1. The summed E-state index contributed by atoms with van der Waals surface area (Å²) in [4.78, 5) is 53.2. The molecule has 0 spiro atoms. The molecule has 10 nitrogen and oxygen atoms in total. The van der Waals surface area contributed by atoms with E-state index in [1.165, 1.54) is 26.3 Å². The number of aryl methyl sites for hydroxylation is 1. The van der Waals surface area contributed by atoms with Gasteiger partial charge < -0.3 is 9.80 Å².